The highest BCUT2D eigenvalue weighted by atomic mass is 32.2. The zero-order chi connectivity index (χ0) is 17.4. The lowest BCUT2D eigenvalue weighted by Gasteiger charge is -2.19. The topological polar surface area (TPSA) is 65.4 Å². The predicted molar refractivity (Wildman–Crippen MR) is 96.8 cm³/mol. The van der Waals surface area contributed by atoms with Gasteiger partial charge in [0.25, 0.3) is 0 Å². The third kappa shape index (κ3) is 3.46. The molecule has 0 unspecified atom stereocenters. The number of anilines is 1. The van der Waals surface area contributed by atoms with Crippen LogP contribution in [0.1, 0.15) is 30.3 Å². The number of nitrogens with one attached hydrogen (secondary N) is 1. The molecule has 1 aliphatic heterocycles. The molecule has 1 aromatic carbocycles. The summed E-state index contributed by atoms with van der Waals surface area (Å²) in [5.74, 6) is 1.67. The van der Waals surface area contributed by atoms with E-state index in [1.165, 1.54) is 30.3 Å². The SMILES string of the molecule is Cc1nc(SCC(=O)Nc2ccc3c(c2)OCCO3)n(C2CC2)c1C. The number of nitrogens with zero attached hydrogens (tertiary/aromatic N) is 2. The first-order chi connectivity index (χ1) is 12.1. The number of benzene rings is 1. The van der Waals surface area contributed by atoms with Crippen molar-refractivity contribution in [3.05, 3.63) is 29.6 Å². The molecule has 1 N–H and O–H groups in total. The first kappa shape index (κ1) is 16.3. The highest BCUT2D eigenvalue weighted by molar-refractivity contribution is 7.99. The molecular formula is C18H21N3O3S. The maximum atomic E-state index is 12.3. The van der Waals surface area contributed by atoms with Crippen molar-refractivity contribution in [2.24, 2.45) is 0 Å². The standard InChI is InChI=1S/C18H21N3O3S/c1-11-12(2)21(14-4-5-14)18(19-11)25-10-17(22)20-13-3-6-15-16(9-13)24-8-7-23-15/h3,6,9,14H,4-5,7-8,10H2,1-2H3,(H,20,22). The summed E-state index contributed by atoms with van der Waals surface area (Å²) < 4.78 is 13.3. The Bertz CT molecular complexity index is 814. The van der Waals surface area contributed by atoms with Gasteiger partial charge in [-0.3, -0.25) is 4.79 Å². The molecule has 132 valence electrons. The van der Waals surface area contributed by atoms with Gasteiger partial charge in [0.1, 0.15) is 13.2 Å². The Kier molecular flexibility index (Phi) is 4.33. The predicted octanol–water partition coefficient (Wildman–Crippen LogP) is 3.34. The van der Waals surface area contributed by atoms with Crippen LogP contribution in [0, 0.1) is 13.8 Å². The molecule has 1 amide bonds. The van der Waals surface area contributed by atoms with Gasteiger partial charge in [-0.05, 0) is 38.8 Å². The first-order valence-electron chi connectivity index (χ1n) is 8.49. The molecule has 1 saturated carbocycles. The van der Waals surface area contributed by atoms with Crippen molar-refractivity contribution in [1.29, 1.82) is 0 Å². The van der Waals surface area contributed by atoms with Gasteiger partial charge in [-0.25, -0.2) is 4.98 Å². The number of carbonyl (C=O) groups is 1. The Labute approximate surface area is 150 Å². The Morgan fingerprint density at radius 2 is 2.04 bits per heavy atom. The monoisotopic (exact) mass is 359 g/mol. The van der Waals surface area contributed by atoms with E-state index in [1.54, 1.807) is 6.07 Å². The van der Waals surface area contributed by atoms with Gasteiger partial charge in [-0.2, -0.15) is 0 Å². The molecule has 2 aromatic rings. The molecule has 25 heavy (non-hydrogen) atoms. The number of imidazole rings is 1. The molecule has 6 nitrogen and oxygen atoms in total. The molecule has 1 fully saturated rings. The van der Waals surface area contributed by atoms with Crippen molar-refractivity contribution >= 4 is 23.4 Å². The van der Waals surface area contributed by atoms with Crippen LogP contribution in [0.4, 0.5) is 5.69 Å². The van der Waals surface area contributed by atoms with Gasteiger partial charge in [0.05, 0.1) is 11.4 Å². The summed E-state index contributed by atoms with van der Waals surface area (Å²) in [6.45, 7) is 5.21. The zero-order valence-corrected chi connectivity index (χ0v) is 15.2. The number of hydrogen-bond donors (Lipinski definition) is 1. The molecule has 0 saturated heterocycles. The normalized spacial score (nSPS) is 15.9. The van der Waals surface area contributed by atoms with Gasteiger partial charge in [0.2, 0.25) is 5.91 Å². The summed E-state index contributed by atoms with van der Waals surface area (Å²) >= 11 is 1.49. The second-order valence-corrected chi connectivity index (χ2v) is 7.30. The number of aromatic nitrogens is 2. The van der Waals surface area contributed by atoms with E-state index in [9.17, 15) is 4.79 Å². The maximum absolute atomic E-state index is 12.3. The third-order valence-corrected chi connectivity index (χ3v) is 5.38. The first-order valence-corrected chi connectivity index (χ1v) is 9.48. The average Bonchev–Trinajstić information content (AvgIpc) is 3.40. The molecule has 1 aliphatic carbocycles. The lowest BCUT2D eigenvalue weighted by molar-refractivity contribution is -0.113. The summed E-state index contributed by atoms with van der Waals surface area (Å²) in [6, 6.07) is 6.01. The number of aryl methyl sites for hydroxylation is 1. The lowest BCUT2D eigenvalue weighted by atomic mass is 10.2. The molecule has 2 aliphatic rings. The maximum Gasteiger partial charge on any atom is 0.234 e. The number of fused-ring (bicyclic) bond motifs is 1. The van der Waals surface area contributed by atoms with Crippen molar-refractivity contribution in [2.45, 2.75) is 37.9 Å². The smallest absolute Gasteiger partial charge is 0.234 e. The number of rotatable bonds is 5. The van der Waals surface area contributed by atoms with Gasteiger partial charge in [0, 0.05) is 23.5 Å². The van der Waals surface area contributed by atoms with Gasteiger partial charge in [0.15, 0.2) is 16.7 Å². The van der Waals surface area contributed by atoms with E-state index < -0.39 is 0 Å². The molecule has 2 heterocycles. The fourth-order valence-corrected chi connectivity index (χ4v) is 3.87. The number of amides is 1. The molecule has 1 aromatic heterocycles. The number of carbonyl (C=O) groups excluding carboxylic acids is 1. The Morgan fingerprint density at radius 1 is 1.28 bits per heavy atom. The minimum Gasteiger partial charge on any atom is -0.486 e. The van der Waals surface area contributed by atoms with Crippen LogP contribution in [-0.2, 0) is 4.79 Å². The van der Waals surface area contributed by atoms with E-state index in [0.717, 1.165) is 16.6 Å². The minimum atomic E-state index is -0.0534. The largest absolute Gasteiger partial charge is 0.486 e. The molecule has 0 spiro atoms. The van der Waals surface area contributed by atoms with Crippen molar-refractivity contribution in [1.82, 2.24) is 9.55 Å². The van der Waals surface area contributed by atoms with E-state index >= 15 is 0 Å². The third-order valence-electron chi connectivity index (χ3n) is 4.42. The minimum absolute atomic E-state index is 0.0534. The van der Waals surface area contributed by atoms with Crippen molar-refractivity contribution < 1.29 is 14.3 Å². The second kappa shape index (κ2) is 6.63. The van der Waals surface area contributed by atoms with Crippen LogP contribution in [0.15, 0.2) is 23.4 Å². The summed E-state index contributed by atoms with van der Waals surface area (Å²) in [5, 5.41) is 3.86. The summed E-state index contributed by atoms with van der Waals surface area (Å²) in [5.41, 5.74) is 2.96. The van der Waals surface area contributed by atoms with E-state index in [-0.39, 0.29) is 5.91 Å². The fraction of sp³-hybridized carbons (Fsp3) is 0.444. The van der Waals surface area contributed by atoms with E-state index in [4.69, 9.17) is 9.47 Å². The Hall–Kier alpha value is -2.15. The summed E-state index contributed by atoms with van der Waals surface area (Å²) in [7, 11) is 0. The van der Waals surface area contributed by atoms with Gasteiger partial charge in [-0.15, -0.1) is 0 Å². The van der Waals surface area contributed by atoms with Crippen LogP contribution < -0.4 is 14.8 Å². The van der Waals surface area contributed by atoms with Crippen LogP contribution in [0.25, 0.3) is 0 Å². The van der Waals surface area contributed by atoms with Gasteiger partial charge < -0.3 is 19.4 Å². The van der Waals surface area contributed by atoms with Crippen LogP contribution in [0.3, 0.4) is 0 Å². The quantitative estimate of drug-likeness (QED) is 0.830. The highest BCUT2D eigenvalue weighted by Gasteiger charge is 2.28. The van der Waals surface area contributed by atoms with Crippen LogP contribution in [0.2, 0.25) is 0 Å². The Balaban J connectivity index is 1.39. The van der Waals surface area contributed by atoms with Crippen LogP contribution in [0.5, 0.6) is 11.5 Å². The van der Waals surface area contributed by atoms with Gasteiger partial charge >= 0.3 is 0 Å². The van der Waals surface area contributed by atoms with Crippen LogP contribution >= 0.6 is 11.8 Å². The molecule has 4 rings (SSSR count). The molecule has 0 bridgehead atoms. The molecule has 7 heteroatoms. The number of thioether (sulfide) groups is 1. The summed E-state index contributed by atoms with van der Waals surface area (Å²) in [6.07, 6.45) is 2.40. The number of ether oxygens (including phenoxy) is 2. The van der Waals surface area contributed by atoms with Crippen LogP contribution in [-0.4, -0.2) is 34.4 Å². The van der Waals surface area contributed by atoms with E-state index in [0.29, 0.717) is 36.4 Å². The number of hydrogen-bond acceptors (Lipinski definition) is 5. The molecular weight excluding hydrogens is 338 g/mol. The molecule has 0 radical (unpaired) electrons. The zero-order valence-electron chi connectivity index (χ0n) is 14.4. The van der Waals surface area contributed by atoms with Gasteiger partial charge in [-0.1, -0.05) is 11.8 Å². The van der Waals surface area contributed by atoms with E-state index in [2.05, 4.69) is 21.8 Å². The van der Waals surface area contributed by atoms with Crippen molar-refractivity contribution in [3.8, 4) is 11.5 Å². The molecule has 0 atom stereocenters. The van der Waals surface area contributed by atoms with E-state index in [1.807, 2.05) is 19.1 Å². The second-order valence-electron chi connectivity index (χ2n) is 6.36. The fourth-order valence-electron chi connectivity index (χ4n) is 2.91. The van der Waals surface area contributed by atoms with Crippen molar-refractivity contribution in [2.75, 3.05) is 24.3 Å². The van der Waals surface area contributed by atoms with Crippen molar-refractivity contribution in [3.63, 3.8) is 0 Å². The average molecular weight is 359 g/mol. The highest BCUT2D eigenvalue weighted by Crippen LogP contribution is 2.40. The Morgan fingerprint density at radius 3 is 2.80 bits per heavy atom. The lowest BCUT2D eigenvalue weighted by Crippen LogP contribution is -2.17. The summed E-state index contributed by atoms with van der Waals surface area (Å²) in [4.78, 5) is 16.9.